The number of ether oxygens (including phenoxy) is 1. The van der Waals surface area contributed by atoms with Gasteiger partial charge in [-0.25, -0.2) is 0 Å². The summed E-state index contributed by atoms with van der Waals surface area (Å²) in [4.78, 5) is 11.7. The lowest BCUT2D eigenvalue weighted by atomic mass is 9.97. The van der Waals surface area contributed by atoms with Crippen LogP contribution in [0.3, 0.4) is 0 Å². The summed E-state index contributed by atoms with van der Waals surface area (Å²) in [5, 5.41) is 0. The van der Waals surface area contributed by atoms with Crippen molar-refractivity contribution >= 4 is 5.78 Å². The number of carbonyl (C=O) groups excluding carboxylic acids is 1. The second-order valence-corrected chi connectivity index (χ2v) is 5.95. The molecule has 0 N–H and O–H groups in total. The zero-order valence-corrected chi connectivity index (χ0v) is 11.1. The van der Waals surface area contributed by atoms with Crippen LogP contribution in [0.25, 0.3) is 0 Å². The number of Topliss-reactive ketones (excluding diaryl/α,β-unsaturated/α-hetero) is 1. The molecule has 2 heteroatoms. The molecule has 0 spiro atoms. The molecule has 0 heterocycles. The van der Waals surface area contributed by atoms with Crippen LogP contribution < -0.4 is 4.74 Å². The van der Waals surface area contributed by atoms with Gasteiger partial charge in [-0.1, -0.05) is 19.1 Å². The second kappa shape index (κ2) is 4.11. The molecule has 0 amide bonds. The SMILES string of the molecule is COc1cccc(CC[C@H]2[C@@H]3C(=O)CC[C@]23C)c1. The fourth-order valence-electron chi connectivity index (χ4n) is 3.79. The Morgan fingerprint density at radius 2 is 2.28 bits per heavy atom. The van der Waals surface area contributed by atoms with Gasteiger partial charge in [0.25, 0.3) is 0 Å². The number of ketones is 1. The minimum Gasteiger partial charge on any atom is -0.497 e. The number of methoxy groups -OCH3 is 1. The lowest BCUT2D eigenvalue weighted by Crippen LogP contribution is -2.02. The maximum Gasteiger partial charge on any atom is 0.136 e. The number of aryl methyl sites for hydroxylation is 1. The van der Waals surface area contributed by atoms with Crippen molar-refractivity contribution in [2.45, 2.75) is 32.6 Å². The molecule has 3 atom stereocenters. The molecular formula is C16H20O2. The third-order valence-electron chi connectivity index (χ3n) is 4.99. The lowest BCUT2D eigenvalue weighted by Gasteiger charge is -2.08. The van der Waals surface area contributed by atoms with Crippen molar-refractivity contribution in [1.29, 1.82) is 0 Å². The topological polar surface area (TPSA) is 26.3 Å². The fourth-order valence-corrected chi connectivity index (χ4v) is 3.79. The molecule has 0 saturated heterocycles. The summed E-state index contributed by atoms with van der Waals surface area (Å²) < 4.78 is 5.23. The fraction of sp³-hybridized carbons (Fsp3) is 0.562. The Morgan fingerprint density at radius 1 is 1.44 bits per heavy atom. The summed E-state index contributed by atoms with van der Waals surface area (Å²) in [7, 11) is 1.70. The highest BCUT2D eigenvalue weighted by molar-refractivity contribution is 5.88. The van der Waals surface area contributed by atoms with Gasteiger partial charge in [0.2, 0.25) is 0 Å². The highest BCUT2D eigenvalue weighted by Crippen LogP contribution is 2.67. The first-order chi connectivity index (χ1) is 8.65. The van der Waals surface area contributed by atoms with Crippen molar-refractivity contribution in [2.24, 2.45) is 17.3 Å². The van der Waals surface area contributed by atoms with Crippen LogP contribution in [0.1, 0.15) is 31.7 Å². The molecule has 1 aromatic carbocycles. The maximum absolute atomic E-state index is 11.7. The van der Waals surface area contributed by atoms with Gasteiger partial charge >= 0.3 is 0 Å². The predicted octanol–water partition coefficient (Wildman–Crippen LogP) is 3.24. The number of rotatable bonds is 4. The van der Waals surface area contributed by atoms with Gasteiger partial charge < -0.3 is 4.74 Å². The summed E-state index contributed by atoms with van der Waals surface area (Å²) >= 11 is 0. The Labute approximate surface area is 108 Å². The molecular weight excluding hydrogens is 224 g/mol. The van der Waals surface area contributed by atoms with E-state index in [1.54, 1.807) is 7.11 Å². The van der Waals surface area contributed by atoms with E-state index in [4.69, 9.17) is 4.74 Å². The van der Waals surface area contributed by atoms with Crippen molar-refractivity contribution in [1.82, 2.24) is 0 Å². The molecule has 96 valence electrons. The Kier molecular flexibility index (Phi) is 2.69. The van der Waals surface area contributed by atoms with Gasteiger partial charge in [0.1, 0.15) is 11.5 Å². The van der Waals surface area contributed by atoms with Crippen molar-refractivity contribution in [3.8, 4) is 5.75 Å². The molecule has 0 aliphatic heterocycles. The van der Waals surface area contributed by atoms with Crippen LogP contribution in [0.2, 0.25) is 0 Å². The second-order valence-electron chi connectivity index (χ2n) is 5.95. The molecule has 0 radical (unpaired) electrons. The average Bonchev–Trinajstić information content (AvgIpc) is 2.87. The minimum absolute atomic E-state index is 0.343. The van der Waals surface area contributed by atoms with Crippen LogP contribution in [0.15, 0.2) is 24.3 Å². The van der Waals surface area contributed by atoms with Gasteiger partial charge in [0, 0.05) is 12.3 Å². The zero-order valence-electron chi connectivity index (χ0n) is 11.1. The van der Waals surface area contributed by atoms with Crippen LogP contribution in [0.5, 0.6) is 5.75 Å². The van der Waals surface area contributed by atoms with E-state index in [0.717, 1.165) is 31.4 Å². The molecule has 2 saturated carbocycles. The van der Waals surface area contributed by atoms with Crippen molar-refractivity contribution < 1.29 is 9.53 Å². The number of hydrogen-bond donors (Lipinski definition) is 0. The largest absolute Gasteiger partial charge is 0.497 e. The number of benzene rings is 1. The molecule has 0 unspecified atom stereocenters. The molecule has 1 aromatic rings. The first-order valence-electron chi connectivity index (χ1n) is 6.81. The van der Waals surface area contributed by atoms with Gasteiger partial charge in [0.15, 0.2) is 0 Å². The molecule has 0 bridgehead atoms. The summed E-state index contributed by atoms with van der Waals surface area (Å²) in [6, 6.07) is 8.25. The van der Waals surface area contributed by atoms with E-state index in [0.29, 0.717) is 23.0 Å². The quantitative estimate of drug-likeness (QED) is 0.812. The van der Waals surface area contributed by atoms with Crippen molar-refractivity contribution in [3.63, 3.8) is 0 Å². The monoisotopic (exact) mass is 244 g/mol. The van der Waals surface area contributed by atoms with E-state index in [9.17, 15) is 4.79 Å². The summed E-state index contributed by atoms with van der Waals surface area (Å²) in [5.74, 6) is 2.44. The van der Waals surface area contributed by atoms with E-state index >= 15 is 0 Å². The van der Waals surface area contributed by atoms with Crippen LogP contribution >= 0.6 is 0 Å². The summed E-state index contributed by atoms with van der Waals surface area (Å²) in [6.07, 6.45) is 4.12. The minimum atomic E-state index is 0.343. The zero-order chi connectivity index (χ0) is 12.8. The van der Waals surface area contributed by atoms with Gasteiger partial charge in [0.05, 0.1) is 7.11 Å². The van der Waals surface area contributed by atoms with Gasteiger partial charge in [-0.3, -0.25) is 4.79 Å². The summed E-state index contributed by atoms with van der Waals surface area (Å²) in [5.41, 5.74) is 1.66. The third-order valence-corrected chi connectivity index (χ3v) is 4.99. The molecule has 18 heavy (non-hydrogen) atoms. The van der Waals surface area contributed by atoms with E-state index < -0.39 is 0 Å². The molecule has 2 aliphatic rings. The number of fused-ring (bicyclic) bond motifs is 1. The van der Waals surface area contributed by atoms with Gasteiger partial charge in [-0.2, -0.15) is 0 Å². The average molecular weight is 244 g/mol. The Hall–Kier alpha value is -1.31. The first kappa shape index (κ1) is 11.8. The molecule has 2 fully saturated rings. The van der Waals surface area contributed by atoms with Crippen molar-refractivity contribution in [2.75, 3.05) is 7.11 Å². The van der Waals surface area contributed by atoms with Crippen LogP contribution in [0.4, 0.5) is 0 Å². The van der Waals surface area contributed by atoms with E-state index in [-0.39, 0.29) is 0 Å². The van der Waals surface area contributed by atoms with Crippen molar-refractivity contribution in [3.05, 3.63) is 29.8 Å². The smallest absolute Gasteiger partial charge is 0.136 e. The van der Waals surface area contributed by atoms with Crippen LogP contribution in [-0.4, -0.2) is 12.9 Å². The van der Waals surface area contributed by atoms with E-state index in [1.807, 2.05) is 12.1 Å². The normalized spacial score (nSPS) is 33.3. The molecule has 3 rings (SSSR count). The number of carbonyl (C=O) groups is 1. The van der Waals surface area contributed by atoms with Gasteiger partial charge in [-0.15, -0.1) is 0 Å². The maximum atomic E-state index is 11.7. The van der Waals surface area contributed by atoms with Crippen LogP contribution in [0, 0.1) is 17.3 Å². The molecule has 0 aromatic heterocycles. The van der Waals surface area contributed by atoms with E-state index in [2.05, 4.69) is 19.1 Å². The molecule has 2 aliphatic carbocycles. The van der Waals surface area contributed by atoms with Crippen LogP contribution in [-0.2, 0) is 11.2 Å². The molecule has 2 nitrogen and oxygen atoms in total. The Balaban J connectivity index is 1.61. The highest BCUT2D eigenvalue weighted by Gasteiger charge is 2.66. The van der Waals surface area contributed by atoms with Gasteiger partial charge in [-0.05, 0) is 48.3 Å². The summed E-state index contributed by atoms with van der Waals surface area (Å²) in [6.45, 7) is 2.29. The number of hydrogen-bond acceptors (Lipinski definition) is 2. The van der Waals surface area contributed by atoms with E-state index in [1.165, 1.54) is 5.56 Å². The highest BCUT2D eigenvalue weighted by atomic mass is 16.5. The lowest BCUT2D eigenvalue weighted by molar-refractivity contribution is -0.119. The standard InChI is InChI=1S/C16H20O2/c1-16-9-8-14(17)15(16)13(16)7-6-11-4-3-5-12(10-11)18-2/h3-5,10,13,15H,6-9H2,1-2H3/t13-,15+,16+/m0/s1. The Bertz CT molecular complexity index is 480. The predicted molar refractivity (Wildman–Crippen MR) is 70.6 cm³/mol. The Morgan fingerprint density at radius 3 is 2.94 bits per heavy atom. The third kappa shape index (κ3) is 1.75. The first-order valence-corrected chi connectivity index (χ1v) is 6.81.